The Kier molecular flexibility index (Phi) is 4.65. The minimum absolute atomic E-state index is 0.0161. The Bertz CT molecular complexity index is 779. The fourth-order valence-electron chi connectivity index (χ4n) is 1.86. The van der Waals surface area contributed by atoms with Crippen LogP contribution in [-0.2, 0) is 16.6 Å². The molecular formula is C14H14BrFN2O2S. The zero-order valence-electron chi connectivity index (χ0n) is 11.2. The minimum Gasteiger partial charge on any atom is -0.326 e. The van der Waals surface area contributed by atoms with Crippen LogP contribution in [0.4, 0.5) is 10.1 Å². The molecule has 2 aromatic rings. The van der Waals surface area contributed by atoms with Crippen molar-refractivity contribution >= 4 is 31.6 Å². The number of halogens is 2. The molecule has 7 heteroatoms. The van der Waals surface area contributed by atoms with Crippen LogP contribution in [0.1, 0.15) is 11.1 Å². The summed E-state index contributed by atoms with van der Waals surface area (Å²) in [5.74, 6) is -0.475. The summed E-state index contributed by atoms with van der Waals surface area (Å²) in [6.07, 6.45) is 0. The van der Waals surface area contributed by atoms with Crippen molar-refractivity contribution in [3.05, 3.63) is 57.8 Å². The summed E-state index contributed by atoms with van der Waals surface area (Å²) in [4.78, 5) is -0.0161. The van der Waals surface area contributed by atoms with Crippen LogP contribution < -0.4 is 10.5 Å². The molecule has 0 saturated heterocycles. The van der Waals surface area contributed by atoms with Gasteiger partial charge in [0.15, 0.2) is 0 Å². The van der Waals surface area contributed by atoms with Crippen molar-refractivity contribution in [3.8, 4) is 0 Å². The number of nitrogens with two attached hydrogens (primary N) is 1. The molecule has 0 fully saturated rings. The second-order valence-electron chi connectivity index (χ2n) is 4.50. The van der Waals surface area contributed by atoms with Crippen molar-refractivity contribution in [1.29, 1.82) is 0 Å². The fraction of sp³-hybridized carbons (Fsp3) is 0.143. The minimum atomic E-state index is -3.81. The van der Waals surface area contributed by atoms with Crippen LogP contribution in [0.3, 0.4) is 0 Å². The summed E-state index contributed by atoms with van der Waals surface area (Å²) in [5, 5.41) is 0. The Labute approximate surface area is 131 Å². The van der Waals surface area contributed by atoms with Gasteiger partial charge < -0.3 is 5.73 Å². The van der Waals surface area contributed by atoms with Gasteiger partial charge in [0.2, 0.25) is 0 Å². The number of benzene rings is 2. The van der Waals surface area contributed by atoms with Crippen molar-refractivity contribution in [1.82, 2.24) is 0 Å². The van der Waals surface area contributed by atoms with E-state index in [1.165, 1.54) is 19.1 Å². The van der Waals surface area contributed by atoms with E-state index in [0.717, 1.165) is 0 Å². The second kappa shape index (κ2) is 6.13. The van der Waals surface area contributed by atoms with Gasteiger partial charge in [0.05, 0.1) is 10.6 Å². The molecule has 112 valence electrons. The van der Waals surface area contributed by atoms with Gasteiger partial charge in [-0.25, -0.2) is 12.8 Å². The molecule has 21 heavy (non-hydrogen) atoms. The predicted octanol–water partition coefficient (Wildman–Crippen LogP) is 3.16. The van der Waals surface area contributed by atoms with Crippen molar-refractivity contribution in [2.24, 2.45) is 5.73 Å². The Morgan fingerprint density at radius 3 is 2.57 bits per heavy atom. The van der Waals surface area contributed by atoms with Gasteiger partial charge >= 0.3 is 0 Å². The SMILES string of the molecule is Cc1cc(S(=O)(=O)Nc2ccccc2Br)cc(CN)c1F. The highest BCUT2D eigenvalue weighted by atomic mass is 79.9. The van der Waals surface area contributed by atoms with Gasteiger partial charge in [-0.1, -0.05) is 12.1 Å². The molecule has 0 saturated carbocycles. The maximum atomic E-state index is 13.8. The molecule has 0 bridgehead atoms. The highest BCUT2D eigenvalue weighted by Crippen LogP contribution is 2.26. The molecule has 0 radical (unpaired) electrons. The van der Waals surface area contributed by atoms with Gasteiger partial charge in [-0.3, -0.25) is 4.72 Å². The largest absolute Gasteiger partial charge is 0.326 e. The van der Waals surface area contributed by atoms with E-state index in [0.29, 0.717) is 10.2 Å². The van der Waals surface area contributed by atoms with E-state index in [2.05, 4.69) is 20.7 Å². The van der Waals surface area contributed by atoms with Crippen LogP contribution in [-0.4, -0.2) is 8.42 Å². The lowest BCUT2D eigenvalue weighted by Gasteiger charge is -2.12. The van der Waals surface area contributed by atoms with E-state index in [1.54, 1.807) is 24.3 Å². The van der Waals surface area contributed by atoms with E-state index in [9.17, 15) is 12.8 Å². The van der Waals surface area contributed by atoms with Crippen LogP contribution in [0.2, 0.25) is 0 Å². The molecule has 0 unspecified atom stereocenters. The number of hydrogen-bond donors (Lipinski definition) is 2. The molecule has 0 spiro atoms. The molecule has 0 heterocycles. The lowest BCUT2D eigenvalue weighted by molar-refractivity contribution is 0.592. The first kappa shape index (κ1) is 15.9. The van der Waals surface area contributed by atoms with E-state index >= 15 is 0 Å². The summed E-state index contributed by atoms with van der Waals surface area (Å²) in [6, 6.07) is 9.37. The highest BCUT2D eigenvalue weighted by Gasteiger charge is 2.18. The topological polar surface area (TPSA) is 72.2 Å². The second-order valence-corrected chi connectivity index (χ2v) is 7.04. The average Bonchev–Trinajstić information content (AvgIpc) is 2.44. The zero-order valence-corrected chi connectivity index (χ0v) is 13.6. The molecule has 0 aliphatic heterocycles. The molecule has 0 aliphatic rings. The number of hydrogen-bond acceptors (Lipinski definition) is 3. The summed E-state index contributed by atoms with van der Waals surface area (Å²) in [5.41, 5.74) is 6.27. The van der Waals surface area contributed by atoms with Crippen LogP contribution in [0.5, 0.6) is 0 Å². The zero-order chi connectivity index (χ0) is 15.6. The summed E-state index contributed by atoms with van der Waals surface area (Å²) in [6.45, 7) is 1.44. The van der Waals surface area contributed by atoms with E-state index < -0.39 is 15.8 Å². The van der Waals surface area contributed by atoms with Crippen LogP contribution >= 0.6 is 15.9 Å². The Hall–Kier alpha value is -1.44. The van der Waals surface area contributed by atoms with E-state index in [1.807, 2.05) is 0 Å². The Morgan fingerprint density at radius 1 is 1.29 bits per heavy atom. The van der Waals surface area contributed by atoms with Gasteiger partial charge in [0.1, 0.15) is 5.82 Å². The van der Waals surface area contributed by atoms with Crippen molar-refractivity contribution in [2.45, 2.75) is 18.4 Å². The normalized spacial score (nSPS) is 11.4. The van der Waals surface area contributed by atoms with Crippen molar-refractivity contribution in [2.75, 3.05) is 4.72 Å². The smallest absolute Gasteiger partial charge is 0.261 e. The standard InChI is InChI=1S/C14H14BrFN2O2S/c1-9-6-11(7-10(8-17)14(9)16)21(19,20)18-13-5-3-2-4-12(13)15/h2-7,18H,8,17H2,1H3. The number of rotatable bonds is 4. The lowest BCUT2D eigenvalue weighted by Crippen LogP contribution is -2.15. The fourth-order valence-corrected chi connectivity index (χ4v) is 3.59. The first-order valence-corrected chi connectivity index (χ1v) is 8.39. The third-order valence-corrected chi connectivity index (χ3v) is 4.99. The molecule has 0 aromatic heterocycles. The molecule has 0 atom stereocenters. The number of aryl methyl sites for hydroxylation is 1. The first-order chi connectivity index (χ1) is 9.85. The summed E-state index contributed by atoms with van der Waals surface area (Å²) >= 11 is 3.27. The Balaban J connectivity index is 2.45. The quantitative estimate of drug-likeness (QED) is 0.865. The van der Waals surface area contributed by atoms with Gasteiger partial charge in [0.25, 0.3) is 10.0 Å². The number of nitrogens with one attached hydrogen (secondary N) is 1. The highest BCUT2D eigenvalue weighted by molar-refractivity contribution is 9.10. The third kappa shape index (κ3) is 3.42. The number of para-hydroxylation sites is 1. The van der Waals surface area contributed by atoms with Gasteiger partial charge in [-0.2, -0.15) is 0 Å². The average molecular weight is 373 g/mol. The molecular weight excluding hydrogens is 359 g/mol. The predicted molar refractivity (Wildman–Crippen MR) is 84.0 cm³/mol. The monoisotopic (exact) mass is 372 g/mol. The molecule has 0 aliphatic carbocycles. The van der Waals surface area contributed by atoms with Crippen molar-refractivity contribution in [3.63, 3.8) is 0 Å². The van der Waals surface area contributed by atoms with Crippen LogP contribution in [0, 0.1) is 12.7 Å². The van der Waals surface area contributed by atoms with Crippen LogP contribution in [0.25, 0.3) is 0 Å². The number of sulfonamides is 1. The van der Waals surface area contributed by atoms with Gasteiger partial charge in [-0.05, 0) is 52.7 Å². The molecule has 4 nitrogen and oxygen atoms in total. The summed E-state index contributed by atoms with van der Waals surface area (Å²) in [7, 11) is -3.81. The Morgan fingerprint density at radius 2 is 1.95 bits per heavy atom. The molecule has 2 rings (SSSR count). The van der Waals surface area contributed by atoms with Crippen LogP contribution in [0.15, 0.2) is 45.8 Å². The van der Waals surface area contributed by atoms with Gasteiger partial charge in [0, 0.05) is 16.6 Å². The van der Waals surface area contributed by atoms with E-state index in [-0.39, 0.29) is 22.6 Å². The number of anilines is 1. The maximum Gasteiger partial charge on any atom is 0.261 e. The maximum absolute atomic E-state index is 13.8. The molecule has 0 amide bonds. The third-order valence-electron chi connectivity index (χ3n) is 2.95. The first-order valence-electron chi connectivity index (χ1n) is 6.11. The molecule has 3 N–H and O–H groups in total. The molecule has 2 aromatic carbocycles. The van der Waals surface area contributed by atoms with Crippen molar-refractivity contribution < 1.29 is 12.8 Å². The van der Waals surface area contributed by atoms with Gasteiger partial charge in [-0.15, -0.1) is 0 Å². The lowest BCUT2D eigenvalue weighted by atomic mass is 10.1. The van der Waals surface area contributed by atoms with E-state index in [4.69, 9.17) is 5.73 Å². The summed E-state index contributed by atoms with van der Waals surface area (Å²) < 4.78 is 41.6.